The molecule has 1 aromatic carbocycles. The molecule has 24 heavy (non-hydrogen) atoms. The van der Waals surface area contributed by atoms with Crippen LogP contribution in [-0.4, -0.2) is 15.2 Å². The third-order valence-corrected chi connectivity index (χ3v) is 5.32. The van der Waals surface area contributed by atoms with Gasteiger partial charge in [-0.2, -0.15) is 5.10 Å². The normalized spacial score (nSPS) is 14.4. The maximum Gasteiger partial charge on any atom is 0.153 e. The minimum Gasteiger partial charge on any atom is -0.323 e. The van der Waals surface area contributed by atoms with Crippen LogP contribution in [0.5, 0.6) is 0 Å². The Bertz CT molecular complexity index is 830. The van der Waals surface area contributed by atoms with Gasteiger partial charge < -0.3 is 5.32 Å². The van der Waals surface area contributed by atoms with Crippen molar-refractivity contribution in [3.05, 3.63) is 59.4 Å². The molecule has 0 atom stereocenters. The largest absolute Gasteiger partial charge is 0.323 e. The second kappa shape index (κ2) is 6.87. The molecule has 0 unspecified atom stereocenters. The summed E-state index contributed by atoms with van der Waals surface area (Å²) in [6.07, 6.45) is 3.80. The molecule has 0 radical (unpaired) electrons. The summed E-state index contributed by atoms with van der Waals surface area (Å²) in [5.74, 6) is 2.11. The molecule has 6 heteroatoms. The van der Waals surface area contributed by atoms with Crippen molar-refractivity contribution < 1.29 is 0 Å². The van der Waals surface area contributed by atoms with Crippen LogP contribution in [-0.2, 0) is 0 Å². The van der Waals surface area contributed by atoms with E-state index in [1.807, 2.05) is 30.3 Å². The van der Waals surface area contributed by atoms with E-state index in [2.05, 4.69) is 38.7 Å². The number of nitrogens with one attached hydrogen (secondary N) is 2. The Kier molecular flexibility index (Phi) is 4.45. The molecular weight excluding hydrogens is 340 g/mol. The first-order chi connectivity index (χ1) is 11.8. The van der Waals surface area contributed by atoms with Crippen LogP contribution in [0.25, 0.3) is 0 Å². The lowest BCUT2D eigenvalue weighted by Gasteiger charge is -2.23. The molecule has 0 saturated heterocycles. The fourth-order valence-electron chi connectivity index (χ4n) is 2.68. The van der Waals surface area contributed by atoms with Crippen molar-refractivity contribution in [1.82, 2.24) is 15.2 Å². The Morgan fingerprint density at radius 3 is 2.62 bits per heavy atom. The SMILES string of the molecule is Clc1cc(Sc2ccccc2)cc(Nc2cc(C3CCC3)[nH]n2)n1. The molecule has 4 nitrogen and oxygen atoms in total. The lowest BCUT2D eigenvalue weighted by molar-refractivity contribution is 0.410. The Morgan fingerprint density at radius 1 is 1.04 bits per heavy atom. The summed E-state index contributed by atoms with van der Waals surface area (Å²) in [5, 5.41) is 11.2. The lowest BCUT2D eigenvalue weighted by Crippen LogP contribution is -2.08. The van der Waals surface area contributed by atoms with Gasteiger partial charge in [0.15, 0.2) is 5.82 Å². The average Bonchev–Trinajstić information content (AvgIpc) is 2.93. The summed E-state index contributed by atoms with van der Waals surface area (Å²) in [4.78, 5) is 6.55. The highest BCUT2D eigenvalue weighted by Crippen LogP contribution is 2.36. The molecule has 2 heterocycles. The molecule has 2 N–H and O–H groups in total. The predicted molar refractivity (Wildman–Crippen MR) is 98.3 cm³/mol. The summed E-state index contributed by atoms with van der Waals surface area (Å²) < 4.78 is 0. The highest BCUT2D eigenvalue weighted by molar-refractivity contribution is 7.99. The molecule has 1 fully saturated rings. The van der Waals surface area contributed by atoms with E-state index in [1.165, 1.54) is 25.0 Å². The second-order valence-electron chi connectivity index (χ2n) is 5.89. The molecule has 1 aliphatic carbocycles. The number of hydrogen-bond acceptors (Lipinski definition) is 4. The topological polar surface area (TPSA) is 53.6 Å². The fourth-order valence-corrected chi connectivity index (χ4v) is 3.86. The van der Waals surface area contributed by atoms with Gasteiger partial charge in [-0.05, 0) is 37.1 Å². The number of nitrogens with zero attached hydrogens (tertiary/aromatic N) is 2. The Labute approximate surface area is 150 Å². The van der Waals surface area contributed by atoms with Crippen molar-refractivity contribution in [1.29, 1.82) is 0 Å². The van der Waals surface area contributed by atoms with Crippen LogP contribution < -0.4 is 5.32 Å². The van der Waals surface area contributed by atoms with Crippen molar-refractivity contribution >= 4 is 35.0 Å². The first-order valence-corrected chi connectivity index (χ1v) is 9.18. The number of hydrogen-bond donors (Lipinski definition) is 2. The summed E-state index contributed by atoms with van der Waals surface area (Å²) >= 11 is 7.83. The Hall–Kier alpha value is -1.98. The van der Waals surface area contributed by atoms with Crippen molar-refractivity contribution in [2.45, 2.75) is 35.0 Å². The zero-order valence-electron chi connectivity index (χ0n) is 13.0. The van der Waals surface area contributed by atoms with Crippen LogP contribution in [0.15, 0.2) is 58.3 Å². The number of aromatic amines is 1. The van der Waals surface area contributed by atoms with Crippen molar-refractivity contribution in [2.75, 3.05) is 5.32 Å². The van der Waals surface area contributed by atoms with E-state index in [4.69, 9.17) is 11.6 Å². The minimum absolute atomic E-state index is 0.466. The van der Waals surface area contributed by atoms with Gasteiger partial charge in [-0.25, -0.2) is 4.98 Å². The molecule has 1 saturated carbocycles. The van der Waals surface area contributed by atoms with E-state index in [1.54, 1.807) is 11.8 Å². The molecule has 1 aliphatic rings. The first-order valence-electron chi connectivity index (χ1n) is 7.99. The van der Waals surface area contributed by atoms with Crippen LogP contribution in [0, 0.1) is 0 Å². The number of anilines is 2. The quantitative estimate of drug-likeness (QED) is 0.582. The van der Waals surface area contributed by atoms with E-state index < -0.39 is 0 Å². The van der Waals surface area contributed by atoms with Gasteiger partial charge in [-0.15, -0.1) is 0 Å². The second-order valence-corrected chi connectivity index (χ2v) is 7.42. The third kappa shape index (κ3) is 3.57. The van der Waals surface area contributed by atoms with Gasteiger partial charge in [-0.1, -0.05) is 48.0 Å². The molecule has 0 amide bonds. The molecule has 0 bridgehead atoms. The molecular formula is C18H17ClN4S. The number of halogens is 1. The molecule has 122 valence electrons. The van der Waals surface area contributed by atoms with Gasteiger partial charge in [0, 0.05) is 27.5 Å². The summed E-state index contributed by atoms with van der Waals surface area (Å²) in [5.41, 5.74) is 1.20. The fraction of sp³-hybridized carbons (Fsp3) is 0.222. The zero-order valence-corrected chi connectivity index (χ0v) is 14.6. The van der Waals surface area contributed by atoms with Gasteiger partial charge in [0.25, 0.3) is 0 Å². The van der Waals surface area contributed by atoms with Crippen molar-refractivity contribution in [2.24, 2.45) is 0 Å². The highest BCUT2D eigenvalue weighted by atomic mass is 35.5. The molecule has 2 aromatic heterocycles. The first kappa shape index (κ1) is 15.5. The van der Waals surface area contributed by atoms with E-state index in [0.29, 0.717) is 16.9 Å². The van der Waals surface area contributed by atoms with E-state index in [9.17, 15) is 0 Å². The van der Waals surface area contributed by atoms with Gasteiger partial charge >= 0.3 is 0 Å². The highest BCUT2D eigenvalue weighted by Gasteiger charge is 2.21. The average molecular weight is 357 g/mol. The number of benzene rings is 1. The lowest BCUT2D eigenvalue weighted by atomic mass is 9.83. The molecule has 0 aliphatic heterocycles. The smallest absolute Gasteiger partial charge is 0.153 e. The van der Waals surface area contributed by atoms with Gasteiger partial charge in [0.1, 0.15) is 11.0 Å². The van der Waals surface area contributed by atoms with E-state index in [0.717, 1.165) is 15.6 Å². The van der Waals surface area contributed by atoms with E-state index >= 15 is 0 Å². The maximum atomic E-state index is 6.18. The van der Waals surface area contributed by atoms with Crippen molar-refractivity contribution in [3.63, 3.8) is 0 Å². The molecule has 0 spiro atoms. The zero-order chi connectivity index (χ0) is 16.4. The maximum absolute atomic E-state index is 6.18. The minimum atomic E-state index is 0.466. The number of aromatic nitrogens is 3. The summed E-state index contributed by atoms with van der Waals surface area (Å²) in [7, 11) is 0. The van der Waals surface area contributed by atoms with Crippen LogP contribution >= 0.6 is 23.4 Å². The van der Waals surface area contributed by atoms with Crippen LogP contribution in [0.2, 0.25) is 5.15 Å². The van der Waals surface area contributed by atoms with Gasteiger partial charge in [0.2, 0.25) is 0 Å². The predicted octanol–water partition coefficient (Wildman–Crippen LogP) is 5.62. The summed E-state index contributed by atoms with van der Waals surface area (Å²) in [6, 6.07) is 16.1. The van der Waals surface area contributed by atoms with Gasteiger partial charge in [0.05, 0.1) is 0 Å². The van der Waals surface area contributed by atoms with Crippen LogP contribution in [0.1, 0.15) is 30.9 Å². The van der Waals surface area contributed by atoms with E-state index in [-0.39, 0.29) is 0 Å². The number of rotatable bonds is 5. The molecule has 3 aromatic rings. The summed E-state index contributed by atoms with van der Waals surface area (Å²) in [6.45, 7) is 0. The third-order valence-electron chi connectivity index (χ3n) is 4.15. The number of pyridine rings is 1. The Morgan fingerprint density at radius 2 is 1.88 bits per heavy atom. The van der Waals surface area contributed by atoms with Crippen molar-refractivity contribution in [3.8, 4) is 0 Å². The van der Waals surface area contributed by atoms with Crippen LogP contribution in [0.3, 0.4) is 0 Å². The Balaban J connectivity index is 1.51. The standard InChI is InChI=1S/C18H17ClN4S/c19-16-9-14(24-13-7-2-1-3-8-13)10-17(20-16)21-18-11-15(22-23-18)12-5-4-6-12/h1-3,7-12H,4-6H2,(H2,20,21,22,23). The number of H-pyrrole nitrogens is 1. The monoisotopic (exact) mass is 356 g/mol. The van der Waals surface area contributed by atoms with Crippen LogP contribution in [0.4, 0.5) is 11.6 Å². The molecule has 4 rings (SSSR count). The van der Waals surface area contributed by atoms with Gasteiger partial charge in [-0.3, -0.25) is 5.10 Å².